The summed E-state index contributed by atoms with van der Waals surface area (Å²) in [6.07, 6.45) is 3.99. The van der Waals surface area contributed by atoms with Gasteiger partial charge >= 0.3 is 5.97 Å². The van der Waals surface area contributed by atoms with Crippen LogP contribution in [0.4, 0.5) is 8.78 Å². The van der Waals surface area contributed by atoms with Crippen LogP contribution in [0, 0.1) is 17.0 Å². The fourth-order valence-electron chi connectivity index (χ4n) is 1.98. The number of nitrogens with one attached hydrogen (secondary N) is 2. The first kappa shape index (κ1) is 14.8. The lowest BCUT2D eigenvalue weighted by Crippen LogP contribution is -2.03. The fourth-order valence-corrected chi connectivity index (χ4v) is 1.98. The summed E-state index contributed by atoms with van der Waals surface area (Å²) in [5, 5.41) is 16.4. The summed E-state index contributed by atoms with van der Waals surface area (Å²) in [5.41, 5.74) is 1.01. The number of aliphatic imine (C=N–C) groups is 1. The lowest BCUT2D eigenvalue weighted by molar-refractivity contribution is -0.136. The highest BCUT2D eigenvalue weighted by Gasteiger charge is 2.14. The van der Waals surface area contributed by atoms with E-state index in [1.165, 1.54) is 6.21 Å². The lowest BCUT2D eigenvalue weighted by Gasteiger charge is -2.04. The predicted octanol–water partition coefficient (Wildman–Crippen LogP) is 2.72. The monoisotopic (exact) mass is 293 g/mol. The minimum absolute atomic E-state index is 0.102. The van der Waals surface area contributed by atoms with Crippen LogP contribution in [-0.2, 0) is 4.79 Å². The van der Waals surface area contributed by atoms with Crippen molar-refractivity contribution in [3.8, 4) is 0 Å². The molecular weight excluding hydrogens is 280 g/mol. The number of fused-ring (bicyclic) bond motifs is 1. The van der Waals surface area contributed by atoms with Crippen molar-refractivity contribution < 1.29 is 18.7 Å². The molecule has 1 heterocycles. The van der Waals surface area contributed by atoms with Crippen molar-refractivity contribution in [2.24, 2.45) is 4.99 Å². The number of H-pyrrole nitrogens is 1. The van der Waals surface area contributed by atoms with Crippen LogP contribution in [0.15, 0.2) is 23.3 Å². The van der Waals surface area contributed by atoms with Crippen molar-refractivity contribution in [1.82, 2.24) is 4.98 Å². The van der Waals surface area contributed by atoms with Gasteiger partial charge in [-0.05, 0) is 11.6 Å². The fraction of sp³-hybridized carbons (Fsp3) is 0.214. The van der Waals surface area contributed by atoms with Gasteiger partial charge in [0.1, 0.15) is 0 Å². The number of rotatable bonds is 6. The van der Waals surface area contributed by atoms with Gasteiger partial charge in [-0.3, -0.25) is 9.79 Å². The summed E-state index contributed by atoms with van der Waals surface area (Å²) in [7, 11) is 0. The largest absolute Gasteiger partial charge is 0.481 e. The van der Waals surface area contributed by atoms with E-state index in [0.29, 0.717) is 16.5 Å². The Morgan fingerprint density at radius 2 is 2.14 bits per heavy atom. The Kier molecular flexibility index (Phi) is 4.42. The van der Waals surface area contributed by atoms with E-state index in [2.05, 4.69) is 9.98 Å². The highest BCUT2D eigenvalue weighted by molar-refractivity contribution is 5.96. The molecule has 21 heavy (non-hydrogen) atoms. The molecule has 1 aromatic heterocycles. The Morgan fingerprint density at radius 1 is 1.43 bits per heavy atom. The van der Waals surface area contributed by atoms with Gasteiger partial charge in [0, 0.05) is 42.1 Å². The topological polar surface area (TPSA) is 89.3 Å². The summed E-state index contributed by atoms with van der Waals surface area (Å²) >= 11 is 0. The summed E-state index contributed by atoms with van der Waals surface area (Å²) in [6.45, 7) is 0.102. The average molecular weight is 293 g/mol. The third kappa shape index (κ3) is 3.31. The molecule has 7 heteroatoms. The van der Waals surface area contributed by atoms with Crippen molar-refractivity contribution >= 4 is 29.3 Å². The van der Waals surface area contributed by atoms with Gasteiger partial charge < -0.3 is 15.5 Å². The SMILES string of the molecule is N=CC(C=NCCC(=O)O)c1c[nH]c2cc(F)c(F)cc12. The minimum atomic E-state index is -0.963. The molecule has 0 bridgehead atoms. The third-order valence-electron chi connectivity index (χ3n) is 3.01. The first-order valence-corrected chi connectivity index (χ1v) is 6.21. The number of halogens is 2. The molecule has 1 aromatic carbocycles. The van der Waals surface area contributed by atoms with Crippen LogP contribution >= 0.6 is 0 Å². The number of aromatic amines is 1. The van der Waals surface area contributed by atoms with E-state index in [4.69, 9.17) is 10.5 Å². The molecule has 0 radical (unpaired) electrons. The van der Waals surface area contributed by atoms with E-state index in [-0.39, 0.29) is 13.0 Å². The first-order chi connectivity index (χ1) is 10.0. The maximum absolute atomic E-state index is 13.3. The molecule has 2 rings (SSSR count). The molecule has 0 aliphatic carbocycles. The first-order valence-electron chi connectivity index (χ1n) is 6.21. The van der Waals surface area contributed by atoms with Crippen LogP contribution in [0.3, 0.4) is 0 Å². The van der Waals surface area contributed by atoms with Crippen molar-refractivity contribution in [3.63, 3.8) is 0 Å². The highest BCUT2D eigenvalue weighted by atomic mass is 19.2. The van der Waals surface area contributed by atoms with Crippen LogP contribution in [0.5, 0.6) is 0 Å². The van der Waals surface area contributed by atoms with Gasteiger partial charge in [-0.25, -0.2) is 8.78 Å². The van der Waals surface area contributed by atoms with Gasteiger partial charge in [0.05, 0.1) is 12.3 Å². The molecule has 1 atom stereocenters. The number of hydrogen-bond donors (Lipinski definition) is 3. The molecule has 0 aliphatic heterocycles. The Balaban J connectivity index is 2.28. The molecule has 1 unspecified atom stereocenters. The quantitative estimate of drug-likeness (QED) is 0.715. The Hall–Kier alpha value is -2.57. The van der Waals surface area contributed by atoms with Crippen LogP contribution in [-0.4, -0.2) is 35.0 Å². The lowest BCUT2D eigenvalue weighted by atomic mass is 10.0. The van der Waals surface area contributed by atoms with Crippen molar-refractivity contribution in [1.29, 1.82) is 5.41 Å². The Bertz CT molecular complexity index is 710. The predicted molar refractivity (Wildman–Crippen MR) is 75.4 cm³/mol. The number of nitrogens with zero attached hydrogens (tertiary/aromatic N) is 1. The number of aliphatic carboxylic acids is 1. The van der Waals surface area contributed by atoms with Gasteiger partial charge in [0.25, 0.3) is 0 Å². The number of benzene rings is 1. The van der Waals surface area contributed by atoms with E-state index in [0.717, 1.165) is 18.3 Å². The second-order valence-corrected chi connectivity index (χ2v) is 4.45. The molecule has 0 spiro atoms. The molecule has 0 fully saturated rings. The van der Waals surface area contributed by atoms with E-state index in [1.807, 2.05) is 0 Å². The van der Waals surface area contributed by atoms with E-state index in [1.54, 1.807) is 6.20 Å². The molecule has 3 N–H and O–H groups in total. The third-order valence-corrected chi connectivity index (χ3v) is 3.01. The zero-order valence-corrected chi connectivity index (χ0v) is 10.9. The van der Waals surface area contributed by atoms with Gasteiger partial charge in [-0.1, -0.05) is 0 Å². The molecule has 5 nitrogen and oxygen atoms in total. The normalized spacial score (nSPS) is 12.9. The zero-order chi connectivity index (χ0) is 15.4. The van der Waals surface area contributed by atoms with E-state index in [9.17, 15) is 13.6 Å². The molecule has 0 amide bonds. The maximum Gasteiger partial charge on any atom is 0.305 e. The molecule has 2 aromatic rings. The van der Waals surface area contributed by atoms with Gasteiger partial charge in [0.2, 0.25) is 0 Å². The smallest absolute Gasteiger partial charge is 0.305 e. The highest BCUT2D eigenvalue weighted by Crippen LogP contribution is 2.26. The number of carboxylic acids is 1. The number of hydrogen-bond acceptors (Lipinski definition) is 3. The van der Waals surface area contributed by atoms with E-state index < -0.39 is 23.5 Å². The van der Waals surface area contributed by atoms with Gasteiger partial charge in [-0.2, -0.15) is 0 Å². The Morgan fingerprint density at radius 3 is 2.81 bits per heavy atom. The summed E-state index contributed by atoms with van der Waals surface area (Å²) < 4.78 is 26.5. The standard InChI is InChI=1S/C14H13F2N3O2/c15-11-3-9-10(7-19-13(9)4-12(11)16)8(5-17)6-18-2-1-14(20)21/h3-8,17,19H,1-2H2,(H,20,21). The summed E-state index contributed by atoms with van der Waals surface area (Å²) in [5.74, 6) is -3.40. The minimum Gasteiger partial charge on any atom is -0.481 e. The number of carboxylic acid groups (broad SMARTS) is 1. The zero-order valence-electron chi connectivity index (χ0n) is 10.9. The van der Waals surface area contributed by atoms with Gasteiger partial charge in [-0.15, -0.1) is 0 Å². The summed E-state index contributed by atoms with van der Waals surface area (Å²) in [6, 6.07) is 2.12. The van der Waals surface area contributed by atoms with E-state index >= 15 is 0 Å². The van der Waals surface area contributed by atoms with Crippen molar-refractivity contribution in [2.75, 3.05) is 6.54 Å². The molecule has 0 saturated heterocycles. The number of carbonyl (C=O) groups is 1. The molecule has 0 saturated carbocycles. The summed E-state index contributed by atoms with van der Waals surface area (Å²) in [4.78, 5) is 17.1. The Labute approximate surface area is 118 Å². The maximum atomic E-state index is 13.3. The second-order valence-electron chi connectivity index (χ2n) is 4.45. The number of aromatic nitrogens is 1. The van der Waals surface area contributed by atoms with Crippen molar-refractivity contribution in [3.05, 3.63) is 35.5 Å². The molecule has 0 aliphatic rings. The van der Waals surface area contributed by atoms with Crippen LogP contribution in [0.1, 0.15) is 17.9 Å². The molecular formula is C14H13F2N3O2. The van der Waals surface area contributed by atoms with Crippen molar-refractivity contribution in [2.45, 2.75) is 12.3 Å². The van der Waals surface area contributed by atoms with Crippen LogP contribution in [0.25, 0.3) is 10.9 Å². The van der Waals surface area contributed by atoms with Gasteiger partial charge in [0.15, 0.2) is 11.6 Å². The van der Waals surface area contributed by atoms with Crippen LogP contribution < -0.4 is 0 Å². The van der Waals surface area contributed by atoms with Crippen LogP contribution in [0.2, 0.25) is 0 Å². The average Bonchev–Trinajstić information content (AvgIpc) is 2.82. The molecule has 110 valence electrons. The second kappa shape index (κ2) is 6.25.